The lowest BCUT2D eigenvalue weighted by atomic mass is 10.1. The van der Waals surface area contributed by atoms with Crippen molar-refractivity contribution in [1.82, 2.24) is 9.55 Å². The molecule has 0 saturated carbocycles. The van der Waals surface area contributed by atoms with Crippen molar-refractivity contribution in [1.29, 1.82) is 0 Å². The number of hydrogen-bond donors (Lipinski definition) is 0. The third kappa shape index (κ3) is 3.11. The van der Waals surface area contributed by atoms with Gasteiger partial charge in [-0.2, -0.15) is 0 Å². The van der Waals surface area contributed by atoms with Gasteiger partial charge < -0.3 is 14.9 Å². The van der Waals surface area contributed by atoms with Gasteiger partial charge in [0, 0.05) is 6.92 Å². The standard InChI is InChI=1S/C14H14FN3O4/c1-3-22-14(19)13(10-4-6-11(15)7-5-10)17-8-12(18(20)21)16-9(17)2/h4-8,13H,3H2,1-2H3. The quantitative estimate of drug-likeness (QED) is 0.481. The molecule has 0 radical (unpaired) electrons. The molecule has 1 unspecified atom stereocenters. The van der Waals surface area contributed by atoms with Crippen molar-refractivity contribution < 1.29 is 18.8 Å². The Morgan fingerprint density at radius 1 is 1.45 bits per heavy atom. The molecule has 2 aromatic rings. The molecule has 0 aliphatic carbocycles. The number of carbonyl (C=O) groups is 1. The predicted molar refractivity (Wildman–Crippen MR) is 74.8 cm³/mol. The Labute approximate surface area is 125 Å². The molecule has 1 atom stereocenters. The zero-order valence-electron chi connectivity index (χ0n) is 12.0. The third-order valence-electron chi connectivity index (χ3n) is 3.07. The molecular formula is C14H14FN3O4. The molecule has 7 nitrogen and oxygen atoms in total. The number of nitro groups is 1. The summed E-state index contributed by atoms with van der Waals surface area (Å²) >= 11 is 0. The first-order valence-corrected chi connectivity index (χ1v) is 6.56. The first kappa shape index (κ1) is 15.6. The summed E-state index contributed by atoms with van der Waals surface area (Å²) in [5.74, 6) is -1.12. The SMILES string of the molecule is CCOC(=O)C(c1ccc(F)cc1)n1cc([N+](=O)[O-])nc1C. The Balaban J connectivity index is 2.51. The number of benzene rings is 1. The van der Waals surface area contributed by atoms with Gasteiger partial charge in [-0.1, -0.05) is 12.1 Å². The zero-order valence-corrected chi connectivity index (χ0v) is 12.0. The van der Waals surface area contributed by atoms with E-state index in [1.807, 2.05) is 0 Å². The first-order chi connectivity index (χ1) is 10.4. The Hall–Kier alpha value is -2.77. The number of carbonyl (C=O) groups excluding carboxylic acids is 1. The largest absolute Gasteiger partial charge is 0.464 e. The van der Waals surface area contributed by atoms with Crippen LogP contribution in [0.3, 0.4) is 0 Å². The Kier molecular flexibility index (Phi) is 4.50. The van der Waals surface area contributed by atoms with Gasteiger partial charge in [-0.3, -0.25) is 4.57 Å². The van der Waals surface area contributed by atoms with E-state index in [9.17, 15) is 19.3 Å². The molecule has 0 bridgehead atoms. The number of nitrogens with zero attached hydrogens (tertiary/aromatic N) is 3. The van der Waals surface area contributed by atoms with Crippen molar-refractivity contribution in [3.05, 3.63) is 57.8 Å². The van der Waals surface area contributed by atoms with Crippen LogP contribution in [-0.2, 0) is 9.53 Å². The Morgan fingerprint density at radius 2 is 2.09 bits per heavy atom. The molecule has 116 valence electrons. The lowest BCUT2D eigenvalue weighted by Crippen LogP contribution is -2.23. The number of rotatable bonds is 5. The molecule has 1 heterocycles. The van der Waals surface area contributed by atoms with Crippen LogP contribution in [0.4, 0.5) is 10.2 Å². The number of esters is 1. The molecule has 22 heavy (non-hydrogen) atoms. The molecule has 0 aliphatic rings. The van der Waals surface area contributed by atoms with Crippen LogP contribution in [0.2, 0.25) is 0 Å². The molecule has 2 rings (SSSR count). The van der Waals surface area contributed by atoms with Crippen LogP contribution < -0.4 is 0 Å². The van der Waals surface area contributed by atoms with Crippen LogP contribution in [0.25, 0.3) is 0 Å². The van der Waals surface area contributed by atoms with Crippen LogP contribution in [0.5, 0.6) is 0 Å². The molecular weight excluding hydrogens is 293 g/mol. The fraction of sp³-hybridized carbons (Fsp3) is 0.286. The van der Waals surface area contributed by atoms with E-state index in [4.69, 9.17) is 4.74 Å². The van der Waals surface area contributed by atoms with E-state index in [1.165, 1.54) is 35.0 Å². The van der Waals surface area contributed by atoms with Crippen molar-refractivity contribution in [3.8, 4) is 0 Å². The highest BCUT2D eigenvalue weighted by Gasteiger charge is 2.29. The molecule has 0 amide bonds. The fourth-order valence-electron chi connectivity index (χ4n) is 2.10. The summed E-state index contributed by atoms with van der Waals surface area (Å²) in [6.07, 6.45) is 1.17. The Morgan fingerprint density at radius 3 is 2.59 bits per heavy atom. The second-order valence-electron chi connectivity index (χ2n) is 4.52. The molecule has 0 saturated heterocycles. The second kappa shape index (κ2) is 6.33. The fourth-order valence-corrected chi connectivity index (χ4v) is 2.10. The van der Waals surface area contributed by atoms with Gasteiger partial charge in [0.2, 0.25) is 5.82 Å². The van der Waals surface area contributed by atoms with Gasteiger partial charge >= 0.3 is 11.8 Å². The van der Waals surface area contributed by atoms with Crippen molar-refractivity contribution in [2.24, 2.45) is 0 Å². The maximum atomic E-state index is 13.1. The maximum Gasteiger partial charge on any atom is 0.381 e. The van der Waals surface area contributed by atoms with E-state index < -0.39 is 22.8 Å². The van der Waals surface area contributed by atoms with Gasteiger partial charge in [0.05, 0.1) is 6.61 Å². The summed E-state index contributed by atoms with van der Waals surface area (Å²) in [6.45, 7) is 3.36. The highest BCUT2D eigenvalue weighted by molar-refractivity contribution is 5.78. The number of aromatic nitrogens is 2. The first-order valence-electron chi connectivity index (χ1n) is 6.56. The average Bonchev–Trinajstić information content (AvgIpc) is 2.84. The van der Waals surface area contributed by atoms with Crippen molar-refractivity contribution in [3.63, 3.8) is 0 Å². The minimum Gasteiger partial charge on any atom is -0.464 e. The topological polar surface area (TPSA) is 87.3 Å². The maximum absolute atomic E-state index is 13.1. The lowest BCUT2D eigenvalue weighted by molar-refractivity contribution is -0.389. The van der Waals surface area contributed by atoms with E-state index in [-0.39, 0.29) is 18.2 Å². The highest BCUT2D eigenvalue weighted by atomic mass is 19.1. The smallest absolute Gasteiger partial charge is 0.381 e. The van der Waals surface area contributed by atoms with Gasteiger partial charge in [0.1, 0.15) is 12.0 Å². The third-order valence-corrected chi connectivity index (χ3v) is 3.07. The lowest BCUT2D eigenvalue weighted by Gasteiger charge is -2.17. The summed E-state index contributed by atoms with van der Waals surface area (Å²) in [6, 6.07) is 4.33. The molecule has 0 fully saturated rings. The van der Waals surface area contributed by atoms with Gasteiger partial charge in [-0.25, -0.2) is 9.18 Å². The van der Waals surface area contributed by atoms with E-state index in [0.29, 0.717) is 5.56 Å². The van der Waals surface area contributed by atoms with Crippen LogP contribution in [-0.4, -0.2) is 27.1 Å². The zero-order chi connectivity index (χ0) is 16.3. The van der Waals surface area contributed by atoms with E-state index in [1.54, 1.807) is 13.8 Å². The van der Waals surface area contributed by atoms with Crippen molar-refractivity contribution >= 4 is 11.8 Å². The number of halogens is 1. The molecule has 1 aromatic carbocycles. The highest BCUT2D eigenvalue weighted by Crippen LogP contribution is 2.24. The van der Waals surface area contributed by atoms with Crippen molar-refractivity contribution in [2.45, 2.75) is 19.9 Å². The molecule has 8 heteroatoms. The van der Waals surface area contributed by atoms with Gasteiger partial charge in [-0.05, 0) is 34.5 Å². The number of imidazole rings is 1. The Bertz CT molecular complexity index is 697. The minimum atomic E-state index is -0.957. The van der Waals surface area contributed by atoms with E-state index >= 15 is 0 Å². The molecule has 0 aliphatic heterocycles. The van der Waals surface area contributed by atoms with Crippen LogP contribution in [0.1, 0.15) is 24.4 Å². The van der Waals surface area contributed by atoms with Crippen molar-refractivity contribution in [2.75, 3.05) is 6.61 Å². The van der Waals surface area contributed by atoms with Gasteiger partial charge in [0.15, 0.2) is 6.04 Å². The summed E-state index contributed by atoms with van der Waals surface area (Å²) in [7, 11) is 0. The van der Waals surface area contributed by atoms with E-state index in [2.05, 4.69) is 4.98 Å². The van der Waals surface area contributed by atoms with Gasteiger partial charge in [-0.15, -0.1) is 0 Å². The second-order valence-corrected chi connectivity index (χ2v) is 4.52. The van der Waals surface area contributed by atoms with Crippen LogP contribution in [0.15, 0.2) is 30.5 Å². The summed E-state index contributed by atoms with van der Waals surface area (Å²) in [4.78, 5) is 26.2. The summed E-state index contributed by atoms with van der Waals surface area (Å²) in [5, 5.41) is 10.8. The number of aryl methyl sites for hydroxylation is 1. The monoisotopic (exact) mass is 307 g/mol. The molecule has 1 aromatic heterocycles. The van der Waals surface area contributed by atoms with Crippen LogP contribution >= 0.6 is 0 Å². The molecule has 0 N–H and O–H groups in total. The number of ether oxygens (including phenoxy) is 1. The van der Waals surface area contributed by atoms with E-state index in [0.717, 1.165) is 0 Å². The molecule has 0 spiro atoms. The predicted octanol–water partition coefficient (Wildman–Crippen LogP) is 2.39. The normalized spacial score (nSPS) is 12.0. The average molecular weight is 307 g/mol. The minimum absolute atomic E-state index is 0.159. The summed E-state index contributed by atoms with van der Waals surface area (Å²) < 4.78 is 19.4. The van der Waals surface area contributed by atoms with Gasteiger partial charge in [0.25, 0.3) is 0 Å². The number of hydrogen-bond acceptors (Lipinski definition) is 5. The summed E-state index contributed by atoms with van der Waals surface area (Å²) in [5.41, 5.74) is 0.454. The van der Waals surface area contributed by atoms with Crippen LogP contribution in [0, 0.1) is 22.9 Å².